The van der Waals surface area contributed by atoms with Crippen molar-refractivity contribution >= 4 is 22.9 Å². The van der Waals surface area contributed by atoms with E-state index < -0.39 is 0 Å². The molecule has 19 heavy (non-hydrogen) atoms. The van der Waals surface area contributed by atoms with E-state index in [2.05, 4.69) is 11.9 Å². The highest BCUT2D eigenvalue weighted by Gasteiger charge is 2.16. The molecule has 0 N–H and O–H groups in total. The molecule has 0 amide bonds. The summed E-state index contributed by atoms with van der Waals surface area (Å²) in [5, 5.41) is 0.779. The normalized spacial score (nSPS) is 11.4. The summed E-state index contributed by atoms with van der Waals surface area (Å²) in [5.41, 5.74) is 0.286. The number of hydrogen-bond acceptors (Lipinski definition) is 4. The molecule has 2 aromatic heterocycles. The highest BCUT2D eigenvalue weighted by molar-refractivity contribution is 7.99. The highest BCUT2D eigenvalue weighted by Crippen LogP contribution is 2.20. The fourth-order valence-electron chi connectivity index (χ4n) is 1.94. The van der Waals surface area contributed by atoms with Gasteiger partial charge in [-0.3, -0.25) is 13.9 Å². The summed E-state index contributed by atoms with van der Waals surface area (Å²) in [6, 6.07) is 0. The van der Waals surface area contributed by atoms with E-state index in [1.165, 1.54) is 11.6 Å². The van der Waals surface area contributed by atoms with Crippen molar-refractivity contribution in [1.29, 1.82) is 0 Å². The summed E-state index contributed by atoms with van der Waals surface area (Å²) in [5.74, 6) is 0.960. The number of thioether (sulfide) groups is 1. The minimum absolute atomic E-state index is 0.296. The van der Waals surface area contributed by atoms with Gasteiger partial charge in [0.15, 0.2) is 16.3 Å². The zero-order valence-corrected chi connectivity index (χ0v) is 12.5. The van der Waals surface area contributed by atoms with Crippen molar-refractivity contribution in [2.24, 2.45) is 21.1 Å². The highest BCUT2D eigenvalue weighted by atomic mass is 32.2. The third-order valence-corrected chi connectivity index (χ3v) is 4.28. The SMILES string of the molecule is CCCCSc1nc2c(c(=O)n(C)c(=O)n2C)n1C. The van der Waals surface area contributed by atoms with E-state index in [4.69, 9.17) is 0 Å². The number of rotatable bonds is 4. The number of aryl methyl sites for hydroxylation is 2. The average Bonchev–Trinajstić information content (AvgIpc) is 2.72. The van der Waals surface area contributed by atoms with Crippen LogP contribution in [0.5, 0.6) is 0 Å². The second-order valence-electron chi connectivity index (χ2n) is 4.53. The molecular formula is C12H18N4O2S. The number of hydrogen-bond donors (Lipinski definition) is 0. The topological polar surface area (TPSA) is 61.8 Å². The summed E-state index contributed by atoms with van der Waals surface area (Å²) in [4.78, 5) is 28.4. The molecule has 0 saturated heterocycles. The molecule has 0 spiro atoms. The molecule has 0 radical (unpaired) electrons. The van der Waals surface area contributed by atoms with Crippen molar-refractivity contribution < 1.29 is 0 Å². The van der Waals surface area contributed by atoms with Crippen molar-refractivity contribution in [3.8, 4) is 0 Å². The third-order valence-electron chi connectivity index (χ3n) is 3.16. The summed E-state index contributed by atoms with van der Waals surface area (Å²) >= 11 is 1.61. The molecule has 0 aliphatic carbocycles. The fraction of sp³-hybridized carbons (Fsp3) is 0.583. The van der Waals surface area contributed by atoms with Gasteiger partial charge in [0.25, 0.3) is 5.56 Å². The van der Waals surface area contributed by atoms with E-state index in [0.29, 0.717) is 11.2 Å². The van der Waals surface area contributed by atoms with E-state index in [9.17, 15) is 9.59 Å². The van der Waals surface area contributed by atoms with Gasteiger partial charge in [-0.25, -0.2) is 9.78 Å². The summed E-state index contributed by atoms with van der Waals surface area (Å²) < 4.78 is 4.31. The zero-order valence-electron chi connectivity index (χ0n) is 11.6. The van der Waals surface area contributed by atoms with Crippen LogP contribution in [0.2, 0.25) is 0 Å². The second-order valence-corrected chi connectivity index (χ2v) is 5.60. The smallest absolute Gasteiger partial charge is 0.316 e. The molecule has 6 nitrogen and oxygen atoms in total. The average molecular weight is 282 g/mol. The monoisotopic (exact) mass is 282 g/mol. The van der Waals surface area contributed by atoms with Crippen LogP contribution in [0.1, 0.15) is 19.8 Å². The van der Waals surface area contributed by atoms with Gasteiger partial charge in [0.1, 0.15) is 0 Å². The predicted molar refractivity (Wildman–Crippen MR) is 76.8 cm³/mol. The molecular weight excluding hydrogens is 264 g/mol. The second kappa shape index (κ2) is 5.24. The van der Waals surface area contributed by atoms with Gasteiger partial charge in [0, 0.05) is 26.9 Å². The first kappa shape index (κ1) is 13.9. The molecule has 0 saturated carbocycles. The van der Waals surface area contributed by atoms with Crippen LogP contribution < -0.4 is 11.2 Å². The Morgan fingerprint density at radius 2 is 1.79 bits per heavy atom. The van der Waals surface area contributed by atoms with Crippen LogP contribution in [0.25, 0.3) is 11.2 Å². The molecule has 7 heteroatoms. The van der Waals surface area contributed by atoms with Crippen LogP contribution in [0.3, 0.4) is 0 Å². The lowest BCUT2D eigenvalue weighted by atomic mass is 10.4. The Morgan fingerprint density at radius 1 is 1.11 bits per heavy atom. The maximum absolute atomic E-state index is 12.1. The van der Waals surface area contributed by atoms with Gasteiger partial charge < -0.3 is 4.57 Å². The van der Waals surface area contributed by atoms with Crippen molar-refractivity contribution in [2.45, 2.75) is 24.9 Å². The zero-order chi connectivity index (χ0) is 14.2. The molecule has 2 heterocycles. The van der Waals surface area contributed by atoms with Gasteiger partial charge in [-0.15, -0.1) is 0 Å². The van der Waals surface area contributed by atoms with Crippen molar-refractivity contribution in [2.75, 3.05) is 5.75 Å². The van der Waals surface area contributed by atoms with Gasteiger partial charge in [0.2, 0.25) is 0 Å². The van der Waals surface area contributed by atoms with E-state index in [0.717, 1.165) is 28.3 Å². The van der Waals surface area contributed by atoms with Gasteiger partial charge in [0.05, 0.1) is 0 Å². The van der Waals surface area contributed by atoms with Crippen LogP contribution >= 0.6 is 11.8 Å². The molecule has 0 aromatic carbocycles. The lowest BCUT2D eigenvalue weighted by Gasteiger charge is -2.03. The van der Waals surface area contributed by atoms with E-state index in [-0.39, 0.29) is 11.2 Å². The lowest BCUT2D eigenvalue weighted by molar-refractivity contribution is 0.705. The van der Waals surface area contributed by atoms with E-state index in [1.807, 2.05) is 7.05 Å². The number of aromatic nitrogens is 4. The summed E-state index contributed by atoms with van der Waals surface area (Å²) in [6.07, 6.45) is 2.22. The Labute approximate surface area is 115 Å². The van der Waals surface area contributed by atoms with E-state index >= 15 is 0 Å². The molecule has 0 fully saturated rings. The van der Waals surface area contributed by atoms with Crippen LogP contribution in [-0.4, -0.2) is 24.4 Å². The number of unbranched alkanes of at least 4 members (excludes halogenated alkanes) is 1. The maximum atomic E-state index is 12.1. The molecule has 0 aliphatic heterocycles. The molecule has 104 valence electrons. The van der Waals surface area contributed by atoms with Crippen LogP contribution in [0.15, 0.2) is 14.7 Å². The minimum atomic E-state index is -0.347. The number of fused-ring (bicyclic) bond motifs is 1. The number of imidazole rings is 1. The third kappa shape index (κ3) is 2.22. The van der Waals surface area contributed by atoms with Crippen LogP contribution in [-0.2, 0) is 21.1 Å². The Balaban J connectivity index is 2.64. The predicted octanol–water partition coefficient (Wildman–Crippen LogP) is 0.863. The molecule has 2 rings (SSSR count). The quantitative estimate of drug-likeness (QED) is 0.616. The Kier molecular flexibility index (Phi) is 3.84. The van der Waals surface area contributed by atoms with Gasteiger partial charge in [-0.05, 0) is 6.42 Å². The first-order chi connectivity index (χ1) is 8.99. The molecule has 0 unspecified atom stereocenters. The summed E-state index contributed by atoms with van der Waals surface area (Å²) in [7, 11) is 4.94. The van der Waals surface area contributed by atoms with Crippen molar-refractivity contribution in [3.05, 3.63) is 20.8 Å². The molecule has 2 aromatic rings. The van der Waals surface area contributed by atoms with E-state index in [1.54, 1.807) is 23.4 Å². The largest absolute Gasteiger partial charge is 0.332 e. The van der Waals surface area contributed by atoms with Crippen LogP contribution in [0.4, 0.5) is 0 Å². The van der Waals surface area contributed by atoms with Crippen molar-refractivity contribution in [3.63, 3.8) is 0 Å². The first-order valence-corrected chi connectivity index (χ1v) is 7.22. The first-order valence-electron chi connectivity index (χ1n) is 6.24. The Morgan fingerprint density at radius 3 is 2.42 bits per heavy atom. The maximum Gasteiger partial charge on any atom is 0.332 e. The van der Waals surface area contributed by atoms with Crippen molar-refractivity contribution in [1.82, 2.24) is 18.7 Å². The fourth-order valence-corrected chi connectivity index (χ4v) is 2.99. The molecule has 0 aliphatic rings. The lowest BCUT2D eigenvalue weighted by Crippen LogP contribution is -2.37. The summed E-state index contributed by atoms with van der Waals surface area (Å²) in [6.45, 7) is 2.13. The van der Waals surface area contributed by atoms with Gasteiger partial charge >= 0.3 is 5.69 Å². The Hall–Kier alpha value is -1.50. The van der Waals surface area contributed by atoms with Gasteiger partial charge in [-0.1, -0.05) is 25.1 Å². The minimum Gasteiger partial charge on any atom is -0.316 e. The Bertz CT molecular complexity index is 726. The number of nitrogens with zero attached hydrogens (tertiary/aromatic N) is 4. The van der Waals surface area contributed by atoms with Crippen LogP contribution in [0, 0.1) is 0 Å². The molecule has 0 bridgehead atoms. The molecule has 0 atom stereocenters. The van der Waals surface area contributed by atoms with Gasteiger partial charge in [-0.2, -0.15) is 0 Å². The standard InChI is InChI=1S/C12H18N4O2S/c1-5-6-7-19-11-13-9-8(14(11)2)10(17)16(4)12(18)15(9)3/h5-7H2,1-4H3.